The van der Waals surface area contributed by atoms with Crippen molar-refractivity contribution in [2.75, 3.05) is 26.2 Å². The van der Waals surface area contributed by atoms with Crippen LogP contribution in [0.25, 0.3) is 0 Å². The Morgan fingerprint density at radius 3 is 2.75 bits per heavy atom. The van der Waals surface area contributed by atoms with Crippen molar-refractivity contribution in [1.29, 1.82) is 0 Å². The predicted octanol–water partition coefficient (Wildman–Crippen LogP) is 2.14. The van der Waals surface area contributed by atoms with E-state index in [1.54, 1.807) is 23.4 Å². The van der Waals surface area contributed by atoms with Crippen LogP contribution in [0.3, 0.4) is 0 Å². The molecule has 0 unspecified atom stereocenters. The van der Waals surface area contributed by atoms with Crippen LogP contribution < -0.4 is 4.74 Å². The Kier molecular flexibility index (Phi) is 6.61. The number of piperidine rings is 1. The molecule has 6 nitrogen and oxygen atoms in total. The summed E-state index contributed by atoms with van der Waals surface area (Å²) >= 11 is 5.89. The minimum atomic E-state index is -0.225. The summed E-state index contributed by atoms with van der Waals surface area (Å²) in [5, 5.41) is 0.534. The minimum absolute atomic E-state index is 0.0337. The van der Waals surface area contributed by atoms with Gasteiger partial charge < -0.3 is 14.5 Å². The number of carbonyl (C=O) groups excluding carboxylic acids is 2. The molecule has 0 N–H and O–H groups in total. The van der Waals surface area contributed by atoms with Crippen LogP contribution in [-0.4, -0.2) is 58.9 Å². The molecule has 130 valence electrons. The summed E-state index contributed by atoms with van der Waals surface area (Å²) in [4.78, 5) is 31.2. The molecule has 7 heteroatoms. The van der Waals surface area contributed by atoms with Crippen molar-refractivity contribution in [3.63, 3.8) is 0 Å². The predicted molar refractivity (Wildman–Crippen MR) is 91.9 cm³/mol. The van der Waals surface area contributed by atoms with Crippen LogP contribution in [0.15, 0.2) is 31.1 Å². The quantitative estimate of drug-likeness (QED) is 0.737. The molecule has 0 aliphatic carbocycles. The van der Waals surface area contributed by atoms with E-state index in [1.165, 1.54) is 11.0 Å². The number of hydrogen-bond acceptors (Lipinski definition) is 4. The van der Waals surface area contributed by atoms with E-state index in [4.69, 9.17) is 16.3 Å². The third kappa shape index (κ3) is 4.96. The van der Waals surface area contributed by atoms with E-state index >= 15 is 0 Å². The largest absolute Gasteiger partial charge is 0.489 e. The average molecular weight is 352 g/mol. The van der Waals surface area contributed by atoms with Crippen LogP contribution in [-0.2, 0) is 9.59 Å². The first-order valence-electron chi connectivity index (χ1n) is 7.99. The average Bonchev–Trinajstić information content (AvgIpc) is 2.59. The smallest absolute Gasteiger partial charge is 0.246 e. The first-order valence-corrected chi connectivity index (χ1v) is 8.37. The Labute approximate surface area is 147 Å². The lowest BCUT2D eigenvalue weighted by molar-refractivity contribution is -0.139. The van der Waals surface area contributed by atoms with Crippen LogP contribution in [0, 0.1) is 0 Å². The second-order valence-corrected chi connectivity index (χ2v) is 6.03. The first-order chi connectivity index (χ1) is 11.5. The molecule has 24 heavy (non-hydrogen) atoms. The number of likely N-dealkylation sites (tertiary alicyclic amines) is 1. The number of likely N-dealkylation sites (N-methyl/N-ethyl adjacent to an activating group) is 1. The summed E-state index contributed by atoms with van der Waals surface area (Å²) in [6.07, 6.45) is 5.92. The van der Waals surface area contributed by atoms with Gasteiger partial charge in [-0.2, -0.15) is 0 Å². The lowest BCUT2D eigenvalue weighted by atomic mass is 10.1. The topological polar surface area (TPSA) is 62.7 Å². The Morgan fingerprint density at radius 2 is 2.17 bits per heavy atom. The number of halogens is 1. The standard InChI is InChI=1S/C17H22ClN3O3/c1-3-16(22)20(4-2)12-17(23)21-7-5-14(6-8-21)24-15-9-13(18)10-19-11-15/h3,9-11,14H,1,4-8,12H2,2H3. The van der Waals surface area contributed by atoms with Gasteiger partial charge in [0.25, 0.3) is 0 Å². The van der Waals surface area contributed by atoms with Crippen LogP contribution in [0.1, 0.15) is 19.8 Å². The highest BCUT2D eigenvalue weighted by molar-refractivity contribution is 6.30. The van der Waals surface area contributed by atoms with Gasteiger partial charge in [0, 0.05) is 44.7 Å². The summed E-state index contributed by atoms with van der Waals surface area (Å²) in [5.41, 5.74) is 0. The Hall–Kier alpha value is -2.08. The zero-order chi connectivity index (χ0) is 17.5. The Morgan fingerprint density at radius 1 is 1.46 bits per heavy atom. The van der Waals surface area contributed by atoms with Crippen LogP contribution >= 0.6 is 11.6 Å². The molecule has 0 atom stereocenters. The van der Waals surface area contributed by atoms with Crippen molar-refractivity contribution in [2.24, 2.45) is 0 Å². The molecule has 1 fully saturated rings. The third-order valence-electron chi connectivity index (χ3n) is 3.97. The number of rotatable bonds is 6. The molecule has 0 radical (unpaired) electrons. The lowest BCUT2D eigenvalue weighted by Gasteiger charge is -2.33. The summed E-state index contributed by atoms with van der Waals surface area (Å²) < 4.78 is 5.86. The number of carbonyl (C=O) groups is 2. The van der Waals surface area contributed by atoms with Gasteiger partial charge in [0.2, 0.25) is 11.8 Å². The van der Waals surface area contributed by atoms with Gasteiger partial charge in [-0.15, -0.1) is 0 Å². The van der Waals surface area contributed by atoms with E-state index in [0.29, 0.717) is 30.4 Å². The number of ether oxygens (including phenoxy) is 1. The molecular formula is C17H22ClN3O3. The van der Waals surface area contributed by atoms with Crippen molar-refractivity contribution in [2.45, 2.75) is 25.9 Å². The normalized spacial score (nSPS) is 15.0. The molecule has 1 aliphatic heterocycles. The van der Waals surface area contributed by atoms with Crippen molar-refractivity contribution in [3.05, 3.63) is 36.1 Å². The molecule has 1 saturated heterocycles. The van der Waals surface area contributed by atoms with Gasteiger partial charge in [-0.25, -0.2) is 0 Å². The van der Waals surface area contributed by atoms with Crippen LogP contribution in [0.4, 0.5) is 0 Å². The van der Waals surface area contributed by atoms with E-state index in [0.717, 1.165) is 12.8 Å². The second kappa shape index (κ2) is 8.68. The Bertz CT molecular complexity index is 600. The monoisotopic (exact) mass is 351 g/mol. The third-order valence-corrected chi connectivity index (χ3v) is 4.18. The highest BCUT2D eigenvalue weighted by atomic mass is 35.5. The SMILES string of the molecule is C=CC(=O)N(CC)CC(=O)N1CCC(Oc2cncc(Cl)c2)CC1. The highest BCUT2D eigenvalue weighted by Gasteiger charge is 2.25. The fraction of sp³-hybridized carbons (Fsp3) is 0.471. The highest BCUT2D eigenvalue weighted by Crippen LogP contribution is 2.21. The maximum Gasteiger partial charge on any atom is 0.246 e. The zero-order valence-electron chi connectivity index (χ0n) is 13.8. The minimum Gasteiger partial charge on any atom is -0.489 e. The number of aromatic nitrogens is 1. The molecule has 2 heterocycles. The number of pyridine rings is 1. The number of amides is 2. The van der Waals surface area contributed by atoms with E-state index in [1.807, 2.05) is 6.92 Å². The fourth-order valence-electron chi connectivity index (χ4n) is 2.61. The maximum atomic E-state index is 12.3. The molecule has 1 aromatic heterocycles. The van der Waals surface area contributed by atoms with Crippen LogP contribution in [0.5, 0.6) is 5.75 Å². The summed E-state index contributed by atoms with van der Waals surface area (Å²) in [5.74, 6) is 0.369. The molecule has 1 aromatic rings. The van der Waals surface area contributed by atoms with Crippen molar-refractivity contribution >= 4 is 23.4 Å². The van der Waals surface area contributed by atoms with Gasteiger partial charge >= 0.3 is 0 Å². The van der Waals surface area contributed by atoms with Gasteiger partial charge in [0.05, 0.1) is 17.8 Å². The molecule has 2 rings (SSSR count). The fourth-order valence-corrected chi connectivity index (χ4v) is 2.77. The summed E-state index contributed by atoms with van der Waals surface area (Å²) in [7, 11) is 0. The lowest BCUT2D eigenvalue weighted by Crippen LogP contribution is -2.47. The molecule has 2 amide bonds. The molecule has 0 aromatic carbocycles. The van der Waals surface area contributed by atoms with Crippen molar-refractivity contribution in [3.8, 4) is 5.75 Å². The van der Waals surface area contributed by atoms with E-state index in [9.17, 15) is 9.59 Å². The molecule has 1 aliphatic rings. The summed E-state index contributed by atoms with van der Waals surface area (Å²) in [6, 6.07) is 1.73. The van der Waals surface area contributed by atoms with Gasteiger partial charge in [0.15, 0.2) is 0 Å². The van der Waals surface area contributed by atoms with E-state index < -0.39 is 0 Å². The van der Waals surface area contributed by atoms with Crippen molar-refractivity contribution < 1.29 is 14.3 Å². The number of nitrogens with zero attached hydrogens (tertiary/aromatic N) is 3. The molecule has 0 saturated carbocycles. The van der Waals surface area contributed by atoms with Gasteiger partial charge in [-0.1, -0.05) is 18.2 Å². The van der Waals surface area contributed by atoms with E-state index in [2.05, 4.69) is 11.6 Å². The van der Waals surface area contributed by atoms with Gasteiger partial charge in [0.1, 0.15) is 11.9 Å². The molecule has 0 spiro atoms. The second-order valence-electron chi connectivity index (χ2n) is 5.59. The van der Waals surface area contributed by atoms with Gasteiger partial charge in [-0.3, -0.25) is 14.6 Å². The van der Waals surface area contributed by atoms with Gasteiger partial charge in [-0.05, 0) is 13.0 Å². The molecular weight excluding hydrogens is 330 g/mol. The Balaban J connectivity index is 1.82. The number of hydrogen-bond donors (Lipinski definition) is 0. The zero-order valence-corrected chi connectivity index (χ0v) is 14.5. The van der Waals surface area contributed by atoms with Crippen LogP contribution in [0.2, 0.25) is 5.02 Å². The van der Waals surface area contributed by atoms with Crippen molar-refractivity contribution in [1.82, 2.24) is 14.8 Å². The maximum absolute atomic E-state index is 12.3. The van der Waals surface area contributed by atoms with E-state index in [-0.39, 0.29) is 24.5 Å². The molecule has 0 bridgehead atoms. The summed E-state index contributed by atoms with van der Waals surface area (Å²) in [6.45, 7) is 7.09. The first kappa shape index (κ1) is 18.3.